The number of hydrogen-bond donors (Lipinski definition) is 1. The van der Waals surface area contributed by atoms with Gasteiger partial charge in [0, 0.05) is 20.1 Å². The summed E-state index contributed by atoms with van der Waals surface area (Å²) in [5, 5.41) is 4.08. The lowest BCUT2D eigenvalue weighted by Crippen LogP contribution is -2.13. The molecule has 6 heteroatoms. The third-order valence-electron chi connectivity index (χ3n) is 3.30. The summed E-state index contributed by atoms with van der Waals surface area (Å²) in [5.74, 6) is -0.741. The van der Waals surface area contributed by atoms with Crippen molar-refractivity contribution in [2.75, 3.05) is 12.4 Å². The lowest BCUT2D eigenvalue weighted by molar-refractivity contribution is 0.0604. The van der Waals surface area contributed by atoms with Gasteiger partial charge in [-0.25, -0.2) is 4.79 Å². The van der Waals surface area contributed by atoms with Crippen molar-refractivity contribution < 1.29 is 14.3 Å². The Balaban J connectivity index is 2.02. The number of amides is 1. The van der Waals surface area contributed by atoms with E-state index in [0.717, 1.165) is 14.6 Å². The first-order valence-electron chi connectivity index (χ1n) is 6.77. The molecule has 0 saturated carbocycles. The van der Waals surface area contributed by atoms with Crippen molar-refractivity contribution in [2.45, 2.75) is 0 Å². The molecule has 0 aliphatic heterocycles. The van der Waals surface area contributed by atoms with Crippen molar-refractivity contribution in [1.82, 2.24) is 0 Å². The van der Waals surface area contributed by atoms with E-state index in [1.807, 2.05) is 30.3 Å². The molecule has 1 aromatic heterocycles. The number of ether oxygens (including phenoxy) is 1. The summed E-state index contributed by atoms with van der Waals surface area (Å²) in [6.07, 6.45) is 0. The number of carbonyl (C=O) groups is 2. The summed E-state index contributed by atoms with van der Waals surface area (Å²) >= 11 is 4.69. The zero-order valence-corrected chi connectivity index (χ0v) is 14.5. The van der Waals surface area contributed by atoms with Gasteiger partial charge < -0.3 is 10.1 Å². The van der Waals surface area contributed by atoms with Crippen LogP contribution in [0.5, 0.6) is 0 Å². The van der Waals surface area contributed by atoms with Crippen LogP contribution in [-0.4, -0.2) is 19.0 Å². The molecule has 0 bridgehead atoms. The van der Waals surface area contributed by atoms with Crippen LogP contribution in [0.4, 0.5) is 5.00 Å². The Kier molecular flexibility index (Phi) is 4.45. The predicted octanol–water partition coefficient (Wildman–Crippen LogP) is 4.70. The summed E-state index contributed by atoms with van der Waals surface area (Å²) in [6, 6.07) is 14.5. The number of anilines is 1. The van der Waals surface area contributed by atoms with Crippen LogP contribution in [0.3, 0.4) is 0 Å². The van der Waals surface area contributed by atoms with Gasteiger partial charge in [-0.05, 0) is 24.3 Å². The smallest absolute Gasteiger partial charge is 0.341 e. The number of hydrogen-bond acceptors (Lipinski definition) is 4. The van der Waals surface area contributed by atoms with Crippen molar-refractivity contribution in [1.29, 1.82) is 0 Å². The molecular formula is C17H12BrNO3S. The Bertz CT molecular complexity index is 904. The fraction of sp³-hybridized carbons (Fsp3) is 0.0588. The van der Waals surface area contributed by atoms with Gasteiger partial charge in [-0.15, -0.1) is 11.3 Å². The molecule has 0 aliphatic carbocycles. The second-order valence-corrected chi connectivity index (χ2v) is 6.73. The minimum absolute atomic E-state index is 0.275. The van der Waals surface area contributed by atoms with E-state index in [1.165, 1.54) is 18.4 Å². The first-order valence-corrected chi connectivity index (χ1v) is 8.38. The number of esters is 1. The molecule has 1 amide bonds. The molecule has 116 valence electrons. The molecule has 0 saturated heterocycles. The van der Waals surface area contributed by atoms with Crippen molar-refractivity contribution in [3.63, 3.8) is 0 Å². The molecule has 3 rings (SSSR count). The SMILES string of the molecule is COC(=O)c1c(NC(=O)c2cccc(Br)c2)sc2ccccc12. The third kappa shape index (κ3) is 3.13. The lowest BCUT2D eigenvalue weighted by atomic mass is 10.1. The van der Waals surface area contributed by atoms with E-state index in [4.69, 9.17) is 4.74 Å². The number of benzene rings is 2. The van der Waals surface area contributed by atoms with E-state index in [0.29, 0.717) is 16.1 Å². The predicted molar refractivity (Wildman–Crippen MR) is 95.3 cm³/mol. The average Bonchev–Trinajstić information content (AvgIpc) is 2.92. The van der Waals surface area contributed by atoms with Gasteiger partial charge in [0.2, 0.25) is 0 Å². The normalized spacial score (nSPS) is 10.5. The fourth-order valence-electron chi connectivity index (χ4n) is 2.24. The molecule has 0 atom stereocenters. The molecule has 1 N–H and O–H groups in total. The highest BCUT2D eigenvalue weighted by Gasteiger charge is 2.21. The number of thiophene rings is 1. The maximum atomic E-state index is 12.4. The largest absolute Gasteiger partial charge is 0.465 e. The van der Waals surface area contributed by atoms with Gasteiger partial charge in [0.25, 0.3) is 5.91 Å². The second-order valence-electron chi connectivity index (χ2n) is 4.76. The van der Waals surface area contributed by atoms with Gasteiger partial charge in [-0.1, -0.05) is 40.2 Å². The number of fused-ring (bicyclic) bond motifs is 1. The molecule has 0 fully saturated rings. The number of nitrogens with one attached hydrogen (secondary N) is 1. The summed E-state index contributed by atoms with van der Waals surface area (Å²) in [4.78, 5) is 24.5. The Hall–Kier alpha value is -2.18. The number of methoxy groups -OCH3 is 1. The molecule has 0 unspecified atom stereocenters. The summed E-state index contributed by atoms with van der Waals surface area (Å²) in [5.41, 5.74) is 0.893. The molecule has 2 aromatic carbocycles. The first-order chi connectivity index (χ1) is 11.1. The summed E-state index contributed by atoms with van der Waals surface area (Å²) in [6.45, 7) is 0. The van der Waals surface area contributed by atoms with Crippen LogP contribution in [-0.2, 0) is 4.74 Å². The highest BCUT2D eigenvalue weighted by molar-refractivity contribution is 9.10. The van der Waals surface area contributed by atoms with Gasteiger partial charge >= 0.3 is 5.97 Å². The van der Waals surface area contributed by atoms with Gasteiger partial charge in [0.05, 0.1) is 7.11 Å². The van der Waals surface area contributed by atoms with Gasteiger partial charge in [-0.3, -0.25) is 4.79 Å². The lowest BCUT2D eigenvalue weighted by Gasteiger charge is -2.06. The van der Waals surface area contributed by atoms with Crippen LogP contribution in [0.2, 0.25) is 0 Å². The van der Waals surface area contributed by atoms with E-state index in [-0.39, 0.29) is 5.91 Å². The van der Waals surface area contributed by atoms with Gasteiger partial charge in [0.15, 0.2) is 0 Å². The molecule has 3 aromatic rings. The van der Waals surface area contributed by atoms with Crippen LogP contribution in [0, 0.1) is 0 Å². The van der Waals surface area contributed by atoms with Crippen molar-refractivity contribution >= 4 is 54.2 Å². The number of carbonyl (C=O) groups excluding carboxylic acids is 2. The molecule has 4 nitrogen and oxygen atoms in total. The Morgan fingerprint density at radius 3 is 2.65 bits per heavy atom. The number of halogens is 1. The highest BCUT2D eigenvalue weighted by Crippen LogP contribution is 2.36. The summed E-state index contributed by atoms with van der Waals surface area (Å²) < 4.78 is 6.59. The highest BCUT2D eigenvalue weighted by atomic mass is 79.9. The Morgan fingerprint density at radius 2 is 1.91 bits per heavy atom. The molecule has 0 spiro atoms. The van der Waals surface area contributed by atoms with Crippen LogP contribution >= 0.6 is 27.3 Å². The number of rotatable bonds is 3. The third-order valence-corrected chi connectivity index (χ3v) is 4.88. The van der Waals surface area contributed by atoms with E-state index < -0.39 is 5.97 Å². The first kappa shape index (κ1) is 15.7. The molecule has 0 aliphatic rings. The van der Waals surface area contributed by atoms with E-state index in [1.54, 1.807) is 18.2 Å². The minimum atomic E-state index is -0.466. The Morgan fingerprint density at radius 1 is 1.13 bits per heavy atom. The topological polar surface area (TPSA) is 55.4 Å². The van der Waals surface area contributed by atoms with Gasteiger partial charge in [0.1, 0.15) is 10.6 Å². The zero-order chi connectivity index (χ0) is 16.4. The second kappa shape index (κ2) is 6.52. The average molecular weight is 390 g/mol. The molecular weight excluding hydrogens is 378 g/mol. The van der Waals surface area contributed by atoms with E-state index in [2.05, 4.69) is 21.2 Å². The van der Waals surface area contributed by atoms with Crippen LogP contribution in [0.15, 0.2) is 53.0 Å². The van der Waals surface area contributed by atoms with Crippen LogP contribution in [0.1, 0.15) is 20.7 Å². The van der Waals surface area contributed by atoms with Crippen molar-refractivity contribution in [3.8, 4) is 0 Å². The van der Waals surface area contributed by atoms with E-state index in [9.17, 15) is 9.59 Å². The monoisotopic (exact) mass is 389 g/mol. The maximum Gasteiger partial charge on any atom is 0.341 e. The zero-order valence-electron chi connectivity index (χ0n) is 12.1. The minimum Gasteiger partial charge on any atom is -0.465 e. The Labute approximate surface area is 145 Å². The van der Waals surface area contributed by atoms with Gasteiger partial charge in [-0.2, -0.15) is 0 Å². The molecule has 23 heavy (non-hydrogen) atoms. The van der Waals surface area contributed by atoms with Crippen molar-refractivity contribution in [3.05, 3.63) is 64.1 Å². The fourth-order valence-corrected chi connectivity index (χ4v) is 3.73. The maximum absolute atomic E-state index is 12.4. The van der Waals surface area contributed by atoms with Crippen LogP contribution < -0.4 is 5.32 Å². The quantitative estimate of drug-likeness (QED) is 0.660. The molecule has 1 heterocycles. The summed E-state index contributed by atoms with van der Waals surface area (Å²) in [7, 11) is 1.33. The standard InChI is InChI=1S/C17H12BrNO3S/c1-22-17(21)14-12-7-2-3-8-13(12)23-16(14)19-15(20)10-5-4-6-11(18)9-10/h2-9H,1H3,(H,19,20). The van der Waals surface area contributed by atoms with Crippen LogP contribution in [0.25, 0.3) is 10.1 Å². The van der Waals surface area contributed by atoms with E-state index >= 15 is 0 Å². The molecule has 0 radical (unpaired) electrons. The van der Waals surface area contributed by atoms with Crippen molar-refractivity contribution in [2.24, 2.45) is 0 Å².